The SMILES string of the molecule is O=[N+]([O-])C(=C1NCCN1)C(c1ccccc1)N1CCCCC1. The Hall–Kier alpha value is -2.08. The van der Waals surface area contributed by atoms with Crippen molar-refractivity contribution in [1.82, 2.24) is 15.5 Å². The molecule has 0 aromatic heterocycles. The van der Waals surface area contributed by atoms with Gasteiger partial charge >= 0.3 is 5.70 Å². The van der Waals surface area contributed by atoms with Crippen molar-refractivity contribution in [3.05, 3.63) is 57.5 Å². The number of hydrogen-bond donors (Lipinski definition) is 2. The molecule has 2 saturated heterocycles. The molecule has 3 rings (SSSR count). The van der Waals surface area contributed by atoms with E-state index in [1.165, 1.54) is 6.42 Å². The van der Waals surface area contributed by atoms with Crippen LogP contribution in [0.5, 0.6) is 0 Å². The quantitative estimate of drug-likeness (QED) is 0.656. The van der Waals surface area contributed by atoms with Crippen LogP contribution in [-0.4, -0.2) is 36.0 Å². The Labute approximate surface area is 130 Å². The summed E-state index contributed by atoms with van der Waals surface area (Å²) in [5.41, 5.74) is 1.23. The minimum absolute atomic E-state index is 0.229. The molecule has 2 aliphatic rings. The van der Waals surface area contributed by atoms with Crippen LogP contribution in [0.15, 0.2) is 41.8 Å². The summed E-state index contributed by atoms with van der Waals surface area (Å²) in [6, 6.07) is 9.51. The molecule has 6 heteroatoms. The predicted octanol–water partition coefficient (Wildman–Crippen LogP) is 1.85. The van der Waals surface area contributed by atoms with Crippen molar-refractivity contribution < 1.29 is 4.92 Å². The van der Waals surface area contributed by atoms with Crippen molar-refractivity contribution in [3.63, 3.8) is 0 Å². The van der Waals surface area contributed by atoms with Crippen LogP contribution in [0.1, 0.15) is 30.9 Å². The van der Waals surface area contributed by atoms with E-state index in [4.69, 9.17) is 0 Å². The van der Waals surface area contributed by atoms with Crippen LogP contribution in [0.3, 0.4) is 0 Å². The Morgan fingerprint density at radius 3 is 2.32 bits per heavy atom. The monoisotopic (exact) mass is 302 g/mol. The maximum atomic E-state index is 11.8. The van der Waals surface area contributed by atoms with Crippen LogP contribution in [0.25, 0.3) is 0 Å². The summed E-state index contributed by atoms with van der Waals surface area (Å²) in [7, 11) is 0. The highest BCUT2D eigenvalue weighted by Gasteiger charge is 2.37. The Bertz CT molecular complexity index is 545. The highest BCUT2D eigenvalue weighted by molar-refractivity contribution is 5.28. The Balaban J connectivity index is 2.03. The Kier molecular flexibility index (Phi) is 4.58. The largest absolute Gasteiger partial charge is 0.365 e. The van der Waals surface area contributed by atoms with Gasteiger partial charge in [-0.15, -0.1) is 0 Å². The van der Waals surface area contributed by atoms with Crippen molar-refractivity contribution in [2.24, 2.45) is 0 Å². The van der Waals surface area contributed by atoms with Crippen molar-refractivity contribution in [2.75, 3.05) is 26.2 Å². The maximum absolute atomic E-state index is 11.8. The summed E-state index contributed by atoms with van der Waals surface area (Å²) < 4.78 is 0. The minimum atomic E-state index is -0.301. The lowest BCUT2D eigenvalue weighted by Crippen LogP contribution is -2.38. The molecule has 0 saturated carbocycles. The summed E-state index contributed by atoms with van der Waals surface area (Å²) in [6.45, 7) is 3.27. The maximum Gasteiger partial charge on any atom is 0.307 e. The van der Waals surface area contributed by atoms with Gasteiger partial charge in [0.2, 0.25) is 0 Å². The molecule has 1 aromatic carbocycles. The van der Waals surface area contributed by atoms with Crippen LogP contribution >= 0.6 is 0 Å². The van der Waals surface area contributed by atoms with Crippen molar-refractivity contribution >= 4 is 0 Å². The van der Waals surface area contributed by atoms with Crippen LogP contribution in [0.4, 0.5) is 0 Å². The van der Waals surface area contributed by atoms with E-state index < -0.39 is 0 Å². The molecule has 2 aliphatic heterocycles. The molecule has 6 nitrogen and oxygen atoms in total. The molecule has 22 heavy (non-hydrogen) atoms. The van der Waals surface area contributed by atoms with E-state index in [2.05, 4.69) is 15.5 Å². The zero-order chi connectivity index (χ0) is 15.4. The first kappa shape index (κ1) is 14.8. The molecule has 0 spiro atoms. The number of likely N-dealkylation sites (tertiary alicyclic amines) is 1. The number of rotatable bonds is 4. The molecule has 0 radical (unpaired) electrons. The summed E-state index contributed by atoms with van der Waals surface area (Å²) in [6.07, 6.45) is 3.41. The van der Waals surface area contributed by atoms with E-state index in [-0.39, 0.29) is 16.7 Å². The number of benzene rings is 1. The number of nitrogens with one attached hydrogen (secondary N) is 2. The fourth-order valence-corrected chi connectivity index (χ4v) is 3.30. The van der Waals surface area contributed by atoms with Gasteiger partial charge in [0.05, 0.1) is 4.92 Å². The fourth-order valence-electron chi connectivity index (χ4n) is 3.30. The van der Waals surface area contributed by atoms with E-state index in [9.17, 15) is 10.1 Å². The topological polar surface area (TPSA) is 70.4 Å². The lowest BCUT2D eigenvalue weighted by Gasteiger charge is -2.33. The van der Waals surface area contributed by atoms with Gasteiger partial charge < -0.3 is 10.6 Å². The third-order valence-electron chi connectivity index (χ3n) is 4.31. The molecule has 2 heterocycles. The number of piperidine rings is 1. The smallest absolute Gasteiger partial charge is 0.307 e. The summed E-state index contributed by atoms with van der Waals surface area (Å²) >= 11 is 0. The van der Waals surface area contributed by atoms with Gasteiger partial charge in [-0.1, -0.05) is 36.8 Å². The van der Waals surface area contributed by atoms with Crippen molar-refractivity contribution in [3.8, 4) is 0 Å². The van der Waals surface area contributed by atoms with Crippen LogP contribution in [0, 0.1) is 10.1 Å². The van der Waals surface area contributed by atoms with Gasteiger partial charge in [-0.25, -0.2) is 0 Å². The average molecular weight is 302 g/mol. The Morgan fingerprint density at radius 1 is 1.09 bits per heavy atom. The average Bonchev–Trinajstić information content (AvgIpc) is 3.07. The molecule has 2 fully saturated rings. The fraction of sp³-hybridized carbons (Fsp3) is 0.500. The first-order valence-electron chi connectivity index (χ1n) is 7.92. The van der Waals surface area contributed by atoms with Crippen LogP contribution in [-0.2, 0) is 0 Å². The van der Waals surface area contributed by atoms with Gasteiger partial charge in [-0.3, -0.25) is 15.0 Å². The minimum Gasteiger partial charge on any atom is -0.365 e. The van der Waals surface area contributed by atoms with Crippen LogP contribution < -0.4 is 10.6 Å². The lowest BCUT2D eigenvalue weighted by atomic mass is 9.98. The molecular formula is C16H22N4O2. The third kappa shape index (κ3) is 3.06. The standard InChI is InChI=1S/C16H22N4O2/c21-20(22)15(16-17-9-10-18-16)14(13-7-3-1-4-8-13)19-11-5-2-6-12-19/h1,3-4,7-8,14,17-18H,2,5-6,9-12H2. The van der Waals surface area contributed by atoms with Crippen LogP contribution in [0.2, 0.25) is 0 Å². The molecule has 0 amide bonds. The van der Waals surface area contributed by atoms with Gasteiger partial charge in [-0.05, 0) is 31.5 Å². The molecule has 1 atom stereocenters. The lowest BCUT2D eigenvalue weighted by molar-refractivity contribution is -0.436. The first-order valence-corrected chi connectivity index (χ1v) is 7.92. The number of nitrogens with zero attached hydrogens (tertiary/aromatic N) is 2. The third-order valence-corrected chi connectivity index (χ3v) is 4.31. The normalized spacial score (nSPS) is 20.1. The van der Waals surface area contributed by atoms with E-state index in [1.54, 1.807) is 0 Å². The second-order valence-electron chi connectivity index (χ2n) is 5.78. The molecule has 0 aliphatic carbocycles. The second-order valence-corrected chi connectivity index (χ2v) is 5.78. The van der Waals surface area contributed by atoms with Gasteiger partial charge in [-0.2, -0.15) is 0 Å². The zero-order valence-corrected chi connectivity index (χ0v) is 12.6. The summed E-state index contributed by atoms with van der Waals surface area (Å²) in [4.78, 5) is 13.8. The summed E-state index contributed by atoms with van der Waals surface area (Å²) in [5.74, 6) is 0.574. The van der Waals surface area contributed by atoms with Crippen molar-refractivity contribution in [1.29, 1.82) is 0 Å². The summed E-state index contributed by atoms with van der Waals surface area (Å²) in [5, 5.41) is 18.0. The van der Waals surface area contributed by atoms with Gasteiger partial charge in [0, 0.05) is 13.1 Å². The molecular weight excluding hydrogens is 280 g/mol. The van der Waals surface area contributed by atoms with Gasteiger partial charge in [0.15, 0.2) is 5.82 Å². The van der Waals surface area contributed by atoms with E-state index in [0.29, 0.717) is 5.82 Å². The molecule has 0 bridgehead atoms. The van der Waals surface area contributed by atoms with E-state index >= 15 is 0 Å². The molecule has 2 N–H and O–H groups in total. The highest BCUT2D eigenvalue weighted by atomic mass is 16.6. The molecule has 1 unspecified atom stereocenters. The van der Waals surface area contributed by atoms with Gasteiger partial charge in [0.25, 0.3) is 0 Å². The molecule has 118 valence electrons. The first-order chi connectivity index (χ1) is 10.8. The highest BCUT2D eigenvalue weighted by Crippen LogP contribution is 2.32. The van der Waals surface area contributed by atoms with E-state index in [0.717, 1.165) is 44.6 Å². The number of nitro groups is 1. The second kappa shape index (κ2) is 6.79. The zero-order valence-electron chi connectivity index (χ0n) is 12.6. The molecule has 1 aromatic rings. The van der Waals surface area contributed by atoms with Gasteiger partial charge in [0.1, 0.15) is 6.04 Å². The van der Waals surface area contributed by atoms with E-state index in [1.807, 2.05) is 30.3 Å². The Morgan fingerprint density at radius 2 is 1.73 bits per heavy atom. The van der Waals surface area contributed by atoms with Crippen molar-refractivity contribution in [2.45, 2.75) is 25.3 Å². The number of hydrogen-bond acceptors (Lipinski definition) is 5. The predicted molar refractivity (Wildman–Crippen MR) is 84.6 cm³/mol.